The van der Waals surface area contributed by atoms with E-state index in [0.717, 1.165) is 89.5 Å². The zero-order chi connectivity index (χ0) is 72.3. The third-order valence-corrected chi connectivity index (χ3v) is 17.4. The number of ether oxygens (including phenoxy) is 1. The topological polar surface area (TPSA) is 192 Å². The maximum Gasteiger partial charge on any atom is 0.416 e. The number of hydrogen-bond donors (Lipinski definition) is 6. The number of carbonyl (C=O) groups excluding carboxylic acids is 3. The Morgan fingerprint density at radius 2 is 0.794 bits per heavy atom. The quantitative estimate of drug-likeness (QED) is 0.0758. The number of nitrogens with one attached hydrogen (secondary N) is 5. The fourth-order valence-corrected chi connectivity index (χ4v) is 12.2. The number of anilines is 9. The van der Waals surface area contributed by atoms with E-state index in [1.54, 1.807) is 105 Å². The monoisotopic (exact) mass is 1430 g/mol. The van der Waals surface area contributed by atoms with Gasteiger partial charge in [0.05, 0.1) is 24.3 Å². The molecule has 2 saturated heterocycles. The lowest BCUT2D eigenvalue weighted by atomic mass is 10.1. The molecule has 0 radical (unpaired) electrons. The van der Waals surface area contributed by atoms with E-state index in [0.29, 0.717) is 111 Å². The molecular weight excluding hydrogens is 1370 g/mol. The highest BCUT2D eigenvalue weighted by atomic mass is 35.5. The minimum Gasteiger partial charge on any atom is -0.477 e. The van der Waals surface area contributed by atoms with Crippen molar-refractivity contribution >= 4 is 123 Å². The number of halogens is 9. The zero-order valence-corrected chi connectivity index (χ0v) is 55.5. The van der Waals surface area contributed by atoms with Gasteiger partial charge in [0.25, 0.3) is 17.7 Å². The van der Waals surface area contributed by atoms with Gasteiger partial charge in [-0.05, 0) is 201 Å². The van der Waals surface area contributed by atoms with Crippen molar-refractivity contribution in [3.05, 3.63) is 291 Å². The first-order chi connectivity index (χ1) is 48.8. The second-order valence-corrected chi connectivity index (χ2v) is 24.7. The Morgan fingerprint density at radius 3 is 1.19 bits per heavy atom. The molecule has 0 unspecified atom stereocenters. The number of benzene rings is 5. The molecule has 2 fully saturated rings. The first-order valence-corrected chi connectivity index (χ1v) is 32.4. The number of carboxylic acid groups (broad SMARTS) is 1. The molecule has 6 aliphatic rings. The third-order valence-electron chi connectivity index (χ3n) is 17.0. The summed E-state index contributed by atoms with van der Waals surface area (Å²) < 4.78 is 95.6. The first kappa shape index (κ1) is 70.1. The van der Waals surface area contributed by atoms with Gasteiger partial charge in [-0.15, -0.1) is 0 Å². The van der Waals surface area contributed by atoms with Crippen molar-refractivity contribution in [1.82, 2.24) is 29.7 Å². The Kier molecular flexibility index (Phi) is 20.1. The molecule has 26 heteroatoms. The first-order valence-electron chi connectivity index (χ1n) is 31.7. The number of carbonyl (C=O) groups is 4. The van der Waals surface area contributed by atoms with Crippen LogP contribution in [0.25, 0.3) is 24.3 Å². The molecule has 520 valence electrons. The van der Waals surface area contributed by atoms with E-state index in [-0.39, 0.29) is 29.2 Å². The number of carboxylic acids is 1. The van der Waals surface area contributed by atoms with Gasteiger partial charge in [-0.2, -0.15) is 26.3 Å². The minimum absolute atomic E-state index is 0.0618. The molecule has 15 rings (SSSR count). The van der Waals surface area contributed by atoms with Gasteiger partial charge in [0.1, 0.15) is 51.9 Å². The summed E-state index contributed by atoms with van der Waals surface area (Å²) in [5.41, 5.74) is 9.14. The Morgan fingerprint density at radius 1 is 0.441 bits per heavy atom. The zero-order valence-electron chi connectivity index (χ0n) is 54.0. The summed E-state index contributed by atoms with van der Waals surface area (Å²) in [6.45, 7) is 19.5. The number of H-pyrrole nitrogens is 4. The fourth-order valence-electron chi connectivity index (χ4n) is 11.9. The van der Waals surface area contributed by atoms with Crippen molar-refractivity contribution < 1.29 is 59.8 Å². The molecular formula is C76H62Cl2F7N11O6. The van der Waals surface area contributed by atoms with Crippen LogP contribution in [-0.2, 0) is 17.1 Å². The molecule has 9 aromatic rings. The van der Waals surface area contributed by atoms with Crippen molar-refractivity contribution in [2.75, 3.05) is 64.3 Å². The van der Waals surface area contributed by atoms with Gasteiger partial charge in [0.15, 0.2) is 0 Å². The molecule has 4 aromatic heterocycles. The smallest absolute Gasteiger partial charge is 0.416 e. The maximum absolute atomic E-state index is 13.3. The summed E-state index contributed by atoms with van der Waals surface area (Å²) in [4.78, 5) is 72.0. The predicted molar refractivity (Wildman–Crippen MR) is 383 cm³/mol. The second kappa shape index (κ2) is 29.2. The van der Waals surface area contributed by atoms with Gasteiger partial charge in [-0.1, -0.05) is 55.6 Å². The minimum atomic E-state index is -4.40. The van der Waals surface area contributed by atoms with Crippen LogP contribution in [0.2, 0.25) is 10.0 Å². The van der Waals surface area contributed by atoms with Gasteiger partial charge >= 0.3 is 18.3 Å². The molecule has 17 nitrogen and oxygen atoms in total. The van der Waals surface area contributed by atoms with Crippen molar-refractivity contribution in [3.8, 4) is 0 Å². The average molecular weight is 1430 g/mol. The molecule has 3 amide bonds. The van der Waals surface area contributed by atoms with Crippen molar-refractivity contribution in [1.29, 1.82) is 0 Å². The predicted octanol–water partition coefficient (Wildman–Crippen LogP) is 18.9. The molecule has 6 aliphatic heterocycles. The second-order valence-electron chi connectivity index (χ2n) is 23.8. The maximum atomic E-state index is 13.3. The largest absolute Gasteiger partial charge is 0.477 e. The number of aromatic carboxylic acids is 1. The molecule has 10 heterocycles. The van der Waals surface area contributed by atoms with E-state index in [1.165, 1.54) is 36.4 Å². The van der Waals surface area contributed by atoms with Crippen LogP contribution in [0.1, 0.15) is 88.2 Å². The Labute approximate surface area is 590 Å². The number of amides is 3. The highest BCUT2D eigenvalue weighted by Gasteiger charge is 2.34. The van der Waals surface area contributed by atoms with Gasteiger partial charge in [0, 0.05) is 110 Å². The summed E-state index contributed by atoms with van der Waals surface area (Å²) in [6.07, 6.45) is 7.83. The molecule has 0 spiro atoms. The molecule has 5 aromatic carbocycles. The number of aromatic nitrogens is 4. The Balaban J connectivity index is 0.000000129. The average Bonchev–Trinajstić information content (AvgIpc) is 1.63. The number of allylic oxidation sites excluding steroid dienone is 4. The third kappa shape index (κ3) is 15.4. The normalized spacial score (nSPS) is 15.1. The van der Waals surface area contributed by atoms with Gasteiger partial charge in [0.2, 0.25) is 0 Å². The number of morpholine rings is 1. The van der Waals surface area contributed by atoms with E-state index < -0.39 is 29.4 Å². The number of fused-ring (bicyclic) bond motifs is 4. The number of alkyl halides is 6. The van der Waals surface area contributed by atoms with E-state index in [2.05, 4.69) is 51.6 Å². The summed E-state index contributed by atoms with van der Waals surface area (Å²) in [5, 5.41) is 13.1. The number of hydrogen-bond acceptors (Lipinski definition) is 9. The van der Waals surface area contributed by atoms with Crippen molar-refractivity contribution in [3.63, 3.8) is 0 Å². The van der Waals surface area contributed by atoms with Gasteiger partial charge in [-0.3, -0.25) is 34.0 Å². The molecule has 0 aliphatic carbocycles. The number of likely N-dealkylation sites (tertiary alicyclic amines) is 1. The number of nitrogens with zero attached hydrogens (tertiary/aromatic N) is 6. The van der Waals surface area contributed by atoms with Crippen LogP contribution in [0, 0.1) is 5.82 Å². The van der Waals surface area contributed by atoms with Crippen molar-refractivity contribution in [2.45, 2.75) is 25.2 Å². The lowest BCUT2D eigenvalue weighted by Crippen LogP contribution is -2.40. The summed E-state index contributed by atoms with van der Waals surface area (Å²) in [6, 6.07) is 36.9. The van der Waals surface area contributed by atoms with Crippen LogP contribution in [0.4, 0.5) is 82.4 Å². The van der Waals surface area contributed by atoms with Crippen LogP contribution in [0.5, 0.6) is 0 Å². The number of rotatable bonds is 9. The summed E-state index contributed by atoms with van der Waals surface area (Å²) in [7, 11) is 0. The number of aromatic amines is 4. The van der Waals surface area contributed by atoms with E-state index in [9.17, 15) is 49.9 Å². The molecule has 102 heavy (non-hydrogen) atoms. The van der Waals surface area contributed by atoms with Crippen molar-refractivity contribution in [2.24, 2.45) is 0 Å². The molecule has 6 N–H and O–H groups in total. The van der Waals surface area contributed by atoms with Crippen LogP contribution in [0.15, 0.2) is 219 Å². The highest BCUT2D eigenvalue weighted by Crippen LogP contribution is 2.43. The lowest BCUT2D eigenvalue weighted by Gasteiger charge is -2.28. The standard InChI is InChI=1S/C21H15ClFN3O.C20H18F3N3O2.C20H18F3N3O.C15H11ClN2O2/c1-13-5-6-14-11-19(21(27)24-17-4-2-3-15(22)12-17)25-20(14)26(13)18-9-7-16(23)8-10-18;1-13-2-3-14-12-17(19(27)25-8-10-28-11-9-25)24-18(14)26(13)16-6-4-15(5-7-16)20(21,22)23;1-13-4-5-14-12-17(19(27)25-10-2-3-11-25)24-18(14)26(13)16-8-6-15(7-9-16)20(21,22)23;1-9-2-3-10-8-13(15(19)20)17-14(10)18(9)12-6-4-11(16)5-7-12/h2-12,25H,1H2,(H,24,27);2-7,12,24H,1,8-11H2;4-9,12,24H,1-3,10-11H2;2-8,17H,1H2,(H,19,20). The van der Waals surface area contributed by atoms with Crippen LogP contribution in [0.3, 0.4) is 0 Å². The van der Waals surface area contributed by atoms with Gasteiger partial charge < -0.3 is 44.9 Å². The lowest BCUT2D eigenvalue weighted by molar-refractivity contribution is -0.138. The summed E-state index contributed by atoms with van der Waals surface area (Å²) >= 11 is 11.9. The van der Waals surface area contributed by atoms with Crippen LogP contribution in [-0.4, -0.2) is 97.9 Å². The fraction of sp³-hybridized carbons (Fsp3) is 0.132. The Bertz CT molecular complexity index is 4880. The molecule has 0 saturated carbocycles. The van der Waals surface area contributed by atoms with Crippen LogP contribution >= 0.6 is 23.2 Å². The van der Waals surface area contributed by atoms with Crippen LogP contribution < -0.4 is 24.9 Å². The Hall–Kier alpha value is -11.7. The highest BCUT2D eigenvalue weighted by molar-refractivity contribution is 6.31. The van der Waals surface area contributed by atoms with E-state index >= 15 is 0 Å². The van der Waals surface area contributed by atoms with E-state index in [4.69, 9.17) is 33.0 Å². The van der Waals surface area contributed by atoms with E-state index in [1.807, 2.05) is 58.4 Å². The molecule has 0 bridgehead atoms. The molecule has 0 atom stereocenters. The summed E-state index contributed by atoms with van der Waals surface area (Å²) in [5.74, 6) is 0.832. The SMILES string of the molecule is C=C1C=Cc2cc(C(=O)N3CCCC3)[nH]c2N1c1ccc(C(F)(F)F)cc1.C=C1C=Cc2cc(C(=O)N3CCOCC3)[nH]c2N1c1ccc(C(F)(F)F)cc1.C=C1C=Cc2cc(C(=O)Nc3cccc(Cl)c3)[nH]c2N1c1ccc(F)cc1.C=C1C=Cc2cc(C(=O)O)[nH]c2N1c1ccc(Cl)cc1. The van der Waals surface area contributed by atoms with Gasteiger partial charge in [-0.25, -0.2) is 9.18 Å².